The number of carbonyl (C=O) groups excluding carboxylic acids is 2. The maximum absolute atomic E-state index is 14.5. The molecular weight excluding hydrogens is 403 g/mol. The maximum atomic E-state index is 14.5. The van der Waals surface area contributed by atoms with E-state index < -0.39 is 11.7 Å². The number of rotatable bonds is 6. The molecule has 2 amide bonds. The minimum Gasteiger partial charge on any atom is -0.383 e. The van der Waals surface area contributed by atoms with E-state index in [-0.39, 0.29) is 29.6 Å². The molecule has 9 heteroatoms. The third-order valence-corrected chi connectivity index (χ3v) is 5.75. The summed E-state index contributed by atoms with van der Waals surface area (Å²) in [5.41, 5.74) is 2.33. The van der Waals surface area contributed by atoms with Gasteiger partial charge in [0.1, 0.15) is 12.4 Å². The van der Waals surface area contributed by atoms with Gasteiger partial charge in [-0.15, -0.1) is 0 Å². The Morgan fingerprint density at radius 3 is 2.68 bits per heavy atom. The van der Waals surface area contributed by atoms with E-state index in [4.69, 9.17) is 4.74 Å². The first-order valence-electron chi connectivity index (χ1n) is 10.1. The highest BCUT2D eigenvalue weighted by atomic mass is 19.1. The first kappa shape index (κ1) is 22.6. The number of aromatic nitrogens is 2. The highest BCUT2D eigenvalue weighted by molar-refractivity contribution is 5.97. The zero-order valence-corrected chi connectivity index (χ0v) is 18.2. The van der Waals surface area contributed by atoms with Gasteiger partial charge in [-0.1, -0.05) is 6.07 Å². The van der Waals surface area contributed by atoms with Gasteiger partial charge in [-0.25, -0.2) is 9.49 Å². The molecule has 2 aromatic rings. The summed E-state index contributed by atoms with van der Waals surface area (Å²) in [6, 6.07) is 4.23. The molecule has 166 valence electrons. The van der Waals surface area contributed by atoms with Crippen LogP contribution in [0.3, 0.4) is 0 Å². The van der Waals surface area contributed by atoms with Crippen molar-refractivity contribution < 1.29 is 18.7 Å². The fourth-order valence-electron chi connectivity index (χ4n) is 3.71. The summed E-state index contributed by atoms with van der Waals surface area (Å²) in [5.74, 6) is -1.35. The van der Waals surface area contributed by atoms with Gasteiger partial charge < -0.3 is 14.5 Å². The molecule has 1 atom stereocenters. The van der Waals surface area contributed by atoms with Crippen LogP contribution in [0.25, 0.3) is 0 Å². The van der Waals surface area contributed by atoms with Crippen LogP contribution in [0.2, 0.25) is 0 Å². The molecule has 1 aliphatic rings. The number of ether oxygens (including phenoxy) is 1. The van der Waals surface area contributed by atoms with E-state index in [1.165, 1.54) is 17.0 Å². The van der Waals surface area contributed by atoms with Crippen LogP contribution in [0.1, 0.15) is 39.7 Å². The number of nitrogens with one attached hydrogen (secondary N) is 1. The van der Waals surface area contributed by atoms with Crippen molar-refractivity contribution in [3.05, 3.63) is 62.3 Å². The second-order valence-electron chi connectivity index (χ2n) is 7.86. The monoisotopic (exact) mass is 430 g/mol. The van der Waals surface area contributed by atoms with Crippen molar-refractivity contribution in [1.82, 2.24) is 20.0 Å². The summed E-state index contributed by atoms with van der Waals surface area (Å²) in [7, 11) is 1.57. The van der Waals surface area contributed by atoms with Crippen molar-refractivity contribution in [1.29, 1.82) is 0 Å². The molecule has 0 saturated carbocycles. The predicted octanol–water partition coefficient (Wildman–Crippen LogP) is 1.44. The second kappa shape index (κ2) is 9.38. The molecule has 0 unspecified atom stereocenters. The summed E-state index contributed by atoms with van der Waals surface area (Å²) in [5, 5.41) is 6.53. The molecule has 1 aromatic carbocycles. The van der Waals surface area contributed by atoms with Gasteiger partial charge in [0.25, 0.3) is 11.5 Å². The average molecular weight is 430 g/mol. The van der Waals surface area contributed by atoms with E-state index in [1.54, 1.807) is 31.9 Å². The third-order valence-electron chi connectivity index (χ3n) is 5.75. The molecule has 31 heavy (non-hydrogen) atoms. The molecule has 1 fully saturated rings. The van der Waals surface area contributed by atoms with Crippen LogP contribution in [0.5, 0.6) is 0 Å². The van der Waals surface area contributed by atoms with E-state index in [1.807, 2.05) is 6.92 Å². The summed E-state index contributed by atoms with van der Waals surface area (Å²) in [6.07, 6.45) is 0.339. The van der Waals surface area contributed by atoms with Crippen LogP contribution in [-0.2, 0) is 16.0 Å². The van der Waals surface area contributed by atoms with Crippen molar-refractivity contribution in [2.75, 3.05) is 33.4 Å². The zero-order chi connectivity index (χ0) is 22.7. The van der Waals surface area contributed by atoms with E-state index in [2.05, 4.69) is 10.2 Å². The minimum atomic E-state index is -0.640. The number of H-pyrrole nitrogens is 1. The fraction of sp³-hybridized carbons (Fsp3) is 0.455. The molecule has 0 bridgehead atoms. The number of amides is 2. The van der Waals surface area contributed by atoms with Crippen molar-refractivity contribution in [3.8, 4) is 0 Å². The zero-order valence-electron chi connectivity index (χ0n) is 18.2. The van der Waals surface area contributed by atoms with Crippen molar-refractivity contribution in [3.63, 3.8) is 0 Å². The number of methoxy groups -OCH3 is 1. The largest absolute Gasteiger partial charge is 0.383 e. The lowest BCUT2D eigenvalue weighted by Gasteiger charge is -2.37. The Kier molecular flexibility index (Phi) is 6.84. The van der Waals surface area contributed by atoms with Gasteiger partial charge in [0, 0.05) is 32.2 Å². The van der Waals surface area contributed by atoms with Gasteiger partial charge in [0.2, 0.25) is 5.91 Å². The topological polar surface area (TPSA) is 95.6 Å². The molecule has 1 N–H and O–H groups in total. The summed E-state index contributed by atoms with van der Waals surface area (Å²) >= 11 is 0. The Morgan fingerprint density at radius 2 is 2.00 bits per heavy atom. The van der Waals surface area contributed by atoms with Crippen LogP contribution >= 0.6 is 0 Å². The smallest absolute Gasteiger partial charge is 0.267 e. The first-order chi connectivity index (χ1) is 14.7. The molecule has 0 spiro atoms. The lowest BCUT2D eigenvalue weighted by molar-refractivity contribution is -0.138. The number of benzene rings is 1. The highest BCUT2D eigenvalue weighted by Gasteiger charge is 2.31. The predicted molar refractivity (Wildman–Crippen MR) is 112 cm³/mol. The quantitative estimate of drug-likeness (QED) is 0.748. The average Bonchev–Trinajstić information content (AvgIpc) is 2.75. The molecule has 1 aromatic heterocycles. The Labute approximate surface area is 180 Å². The van der Waals surface area contributed by atoms with Gasteiger partial charge in [0.15, 0.2) is 0 Å². The summed E-state index contributed by atoms with van der Waals surface area (Å²) < 4.78 is 19.6. The Balaban J connectivity index is 1.78. The second-order valence-corrected chi connectivity index (χ2v) is 7.86. The molecule has 0 aliphatic carbocycles. The molecule has 1 saturated heterocycles. The maximum Gasteiger partial charge on any atom is 0.267 e. The molecule has 8 nitrogen and oxygen atoms in total. The van der Waals surface area contributed by atoms with Crippen LogP contribution in [0.15, 0.2) is 23.0 Å². The molecule has 1 aliphatic heterocycles. The standard InChI is InChI=1S/C22H27FN4O4/c1-13(12-31-4)27-8-7-26(11-20(27)28)22(30)17-9-16(5-6-18(17)23)10-19-14(2)15(3)21(29)25-24-19/h5-6,9,13H,7-8,10-12H2,1-4H3,(H,25,29)/t13-/m1/s1. The van der Waals surface area contributed by atoms with Crippen molar-refractivity contribution in [2.24, 2.45) is 0 Å². The van der Waals surface area contributed by atoms with Gasteiger partial charge in [0.05, 0.1) is 23.9 Å². The number of halogens is 1. The highest BCUT2D eigenvalue weighted by Crippen LogP contribution is 2.19. The van der Waals surface area contributed by atoms with Gasteiger partial charge >= 0.3 is 0 Å². The van der Waals surface area contributed by atoms with Crippen LogP contribution in [0.4, 0.5) is 4.39 Å². The Hall–Kier alpha value is -3.07. The normalized spacial score (nSPS) is 15.3. The number of piperazine rings is 1. The lowest BCUT2D eigenvalue weighted by atomic mass is 10.0. The van der Waals surface area contributed by atoms with Gasteiger partial charge in [-0.05, 0) is 44.0 Å². The Bertz CT molecular complexity index is 1050. The van der Waals surface area contributed by atoms with E-state index >= 15 is 0 Å². The third kappa shape index (κ3) is 4.82. The Morgan fingerprint density at radius 1 is 1.26 bits per heavy atom. The van der Waals surface area contributed by atoms with E-state index in [9.17, 15) is 18.8 Å². The van der Waals surface area contributed by atoms with Crippen LogP contribution < -0.4 is 5.56 Å². The van der Waals surface area contributed by atoms with E-state index in [0.717, 1.165) is 5.56 Å². The van der Waals surface area contributed by atoms with E-state index in [0.29, 0.717) is 42.9 Å². The molecule has 3 rings (SSSR count). The number of nitrogens with zero attached hydrogens (tertiary/aromatic N) is 3. The van der Waals surface area contributed by atoms with Crippen molar-refractivity contribution >= 4 is 11.8 Å². The SMILES string of the molecule is COC[C@@H](C)N1CCN(C(=O)c2cc(Cc3n[nH]c(=O)c(C)c3C)ccc2F)CC1=O. The fourth-order valence-corrected chi connectivity index (χ4v) is 3.71. The first-order valence-corrected chi connectivity index (χ1v) is 10.1. The van der Waals surface area contributed by atoms with Crippen LogP contribution in [0, 0.1) is 19.7 Å². The molecule has 2 heterocycles. The van der Waals surface area contributed by atoms with Gasteiger partial charge in [-0.3, -0.25) is 14.4 Å². The molecule has 0 radical (unpaired) electrons. The molecular formula is C22H27FN4O4. The number of aromatic amines is 1. The van der Waals surface area contributed by atoms with Crippen LogP contribution in [-0.4, -0.2) is 71.2 Å². The van der Waals surface area contributed by atoms with Crippen molar-refractivity contribution in [2.45, 2.75) is 33.2 Å². The summed E-state index contributed by atoms with van der Waals surface area (Å²) in [6.45, 7) is 6.40. The minimum absolute atomic E-state index is 0.0810. The summed E-state index contributed by atoms with van der Waals surface area (Å²) in [4.78, 5) is 40.2. The number of hydrogen-bond acceptors (Lipinski definition) is 5. The number of hydrogen-bond donors (Lipinski definition) is 1. The van der Waals surface area contributed by atoms with Gasteiger partial charge in [-0.2, -0.15) is 5.10 Å². The lowest BCUT2D eigenvalue weighted by Crippen LogP contribution is -2.55. The number of carbonyl (C=O) groups is 2.